The van der Waals surface area contributed by atoms with Crippen molar-refractivity contribution in [1.82, 2.24) is 4.90 Å². The molecule has 0 aromatic heterocycles. The first kappa shape index (κ1) is 25.6. The van der Waals surface area contributed by atoms with Crippen LogP contribution in [0.4, 0.5) is 8.78 Å². The second-order valence-corrected chi connectivity index (χ2v) is 12.4. The highest BCUT2D eigenvalue weighted by atomic mass is 19.1. The summed E-state index contributed by atoms with van der Waals surface area (Å²) >= 11 is 0. The maximum atomic E-state index is 17.4. The molecule has 0 radical (unpaired) electrons. The lowest BCUT2D eigenvalue weighted by Crippen LogP contribution is -2.69. The van der Waals surface area contributed by atoms with E-state index in [1.165, 1.54) is 12.2 Å². The molecule has 202 valence electrons. The molecule has 6 rings (SSSR count). The first-order chi connectivity index (χ1) is 17.9. The average molecular weight is 526 g/mol. The zero-order valence-electron chi connectivity index (χ0n) is 21.6. The zero-order valence-corrected chi connectivity index (χ0v) is 21.6. The maximum absolute atomic E-state index is 17.4. The van der Waals surface area contributed by atoms with E-state index in [9.17, 15) is 24.6 Å². The average Bonchev–Trinajstić information content (AvgIpc) is 3.40. The molecule has 0 bridgehead atoms. The van der Waals surface area contributed by atoms with Gasteiger partial charge in [0, 0.05) is 30.0 Å². The topological polar surface area (TPSA) is 94.9 Å². The van der Waals surface area contributed by atoms with Crippen molar-refractivity contribution in [2.45, 2.75) is 51.1 Å². The van der Waals surface area contributed by atoms with Gasteiger partial charge in [0.25, 0.3) is 5.91 Å². The SMILES string of the molecule is C[C@]12C=CC(=O)C=C1[C@@H](F)C[C@H]1[C@@H]3C[C@H]4CN(C(=O)c5ccccc5)C[C@@]4(C(=O)CO)[C@@]3(C)C[C@H](O)[C@@]12F. The lowest BCUT2D eigenvalue weighted by atomic mass is 9.43. The number of allylic oxidation sites excluding steroid dienone is 4. The van der Waals surface area contributed by atoms with E-state index in [0.717, 1.165) is 6.08 Å². The Morgan fingerprint density at radius 1 is 1.13 bits per heavy atom. The van der Waals surface area contributed by atoms with Crippen LogP contribution in [0.5, 0.6) is 0 Å². The van der Waals surface area contributed by atoms with Crippen LogP contribution in [0.1, 0.15) is 43.5 Å². The van der Waals surface area contributed by atoms with Crippen LogP contribution in [0.25, 0.3) is 0 Å². The normalized spacial score (nSPS) is 45.1. The van der Waals surface area contributed by atoms with Crippen LogP contribution in [-0.2, 0) is 9.59 Å². The van der Waals surface area contributed by atoms with E-state index in [-0.39, 0.29) is 43.3 Å². The van der Waals surface area contributed by atoms with E-state index in [4.69, 9.17) is 0 Å². The fourth-order valence-corrected chi connectivity index (χ4v) is 9.34. The Balaban J connectivity index is 1.43. The molecule has 4 aliphatic carbocycles. The van der Waals surface area contributed by atoms with Crippen molar-refractivity contribution in [3.8, 4) is 0 Å². The number of halogens is 2. The van der Waals surface area contributed by atoms with Gasteiger partial charge in [-0.05, 0) is 73.3 Å². The third-order valence-corrected chi connectivity index (χ3v) is 11.1. The predicted octanol–water partition coefficient (Wildman–Crippen LogP) is 3.24. The Labute approximate surface area is 220 Å². The number of rotatable bonds is 3. The number of hydrogen-bond donors (Lipinski definition) is 2. The molecule has 38 heavy (non-hydrogen) atoms. The lowest BCUT2D eigenvalue weighted by Gasteiger charge is -2.63. The molecular weight excluding hydrogens is 492 g/mol. The number of aliphatic hydroxyl groups is 2. The summed E-state index contributed by atoms with van der Waals surface area (Å²) in [6, 6.07) is 8.76. The fraction of sp³-hybridized carbons (Fsp3) is 0.567. The van der Waals surface area contributed by atoms with Crippen molar-refractivity contribution in [3.05, 3.63) is 59.7 Å². The number of alkyl halides is 2. The number of amides is 1. The largest absolute Gasteiger partial charge is 0.390 e. The molecule has 8 heteroatoms. The Morgan fingerprint density at radius 2 is 1.84 bits per heavy atom. The molecule has 1 aromatic rings. The summed E-state index contributed by atoms with van der Waals surface area (Å²) in [7, 11) is 0. The summed E-state index contributed by atoms with van der Waals surface area (Å²) in [5.74, 6) is -2.75. The third kappa shape index (κ3) is 2.91. The molecule has 1 heterocycles. The van der Waals surface area contributed by atoms with Crippen molar-refractivity contribution in [1.29, 1.82) is 0 Å². The molecule has 4 fully saturated rings. The van der Waals surface area contributed by atoms with Gasteiger partial charge in [0.15, 0.2) is 17.2 Å². The van der Waals surface area contributed by atoms with E-state index < -0.39 is 64.2 Å². The fourth-order valence-electron chi connectivity index (χ4n) is 9.34. The minimum absolute atomic E-state index is 0.0605. The molecule has 1 amide bonds. The molecule has 1 aliphatic heterocycles. The summed E-state index contributed by atoms with van der Waals surface area (Å²) in [6.07, 6.45) is 0.839. The zero-order chi connectivity index (χ0) is 27.3. The van der Waals surface area contributed by atoms with Gasteiger partial charge in [-0.1, -0.05) is 31.2 Å². The number of benzene rings is 1. The van der Waals surface area contributed by atoms with Gasteiger partial charge in [-0.2, -0.15) is 0 Å². The number of carbonyl (C=O) groups is 3. The highest BCUT2D eigenvalue weighted by Gasteiger charge is 2.78. The lowest BCUT2D eigenvalue weighted by molar-refractivity contribution is -0.211. The Hall–Kier alpha value is -2.71. The van der Waals surface area contributed by atoms with E-state index in [2.05, 4.69) is 0 Å². The molecular formula is C30H33F2NO5. The van der Waals surface area contributed by atoms with Crippen LogP contribution in [-0.4, -0.2) is 70.2 Å². The molecule has 2 N–H and O–H groups in total. The van der Waals surface area contributed by atoms with Gasteiger partial charge in [0.05, 0.1) is 11.5 Å². The van der Waals surface area contributed by atoms with E-state index >= 15 is 8.78 Å². The van der Waals surface area contributed by atoms with Crippen LogP contribution in [0.3, 0.4) is 0 Å². The predicted molar refractivity (Wildman–Crippen MR) is 134 cm³/mol. The van der Waals surface area contributed by atoms with Gasteiger partial charge in [0.2, 0.25) is 0 Å². The van der Waals surface area contributed by atoms with Crippen molar-refractivity contribution in [3.63, 3.8) is 0 Å². The maximum Gasteiger partial charge on any atom is 0.253 e. The second kappa shape index (κ2) is 8.15. The van der Waals surface area contributed by atoms with E-state index in [0.29, 0.717) is 12.0 Å². The van der Waals surface area contributed by atoms with Gasteiger partial charge in [-0.15, -0.1) is 0 Å². The van der Waals surface area contributed by atoms with E-state index in [1.54, 1.807) is 36.1 Å². The highest BCUT2D eigenvalue weighted by Crippen LogP contribution is 2.74. The molecule has 9 atom stereocenters. The van der Waals surface area contributed by atoms with Crippen LogP contribution >= 0.6 is 0 Å². The number of carbonyl (C=O) groups excluding carboxylic acids is 3. The summed E-state index contributed by atoms with van der Waals surface area (Å²) in [4.78, 5) is 40.7. The minimum Gasteiger partial charge on any atom is -0.390 e. The summed E-state index contributed by atoms with van der Waals surface area (Å²) in [5.41, 5.74) is -5.32. The number of Topliss-reactive ketones (excluding diaryl/α,β-unsaturated/α-hetero) is 1. The summed E-state index contributed by atoms with van der Waals surface area (Å²) in [6.45, 7) is 3.01. The number of fused-ring (bicyclic) bond motifs is 7. The van der Waals surface area contributed by atoms with Gasteiger partial charge in [-0.25, -0.2) is 8.78 Å². The number of nitrogens with zero attached hydrogens (tertiary/aromatic N) is 1. The van der Waals surface area contributed by atoms with Gasteiger partial charge in [0.1, 0.15) is 12.8 Å². The van der Waals surface area contributed by atoms with Crippen LogP contribution < -0.4 is 0 Å². The number of ketones is 2. The Bertz CT molecular complexity index is 1280. The quantitative estimate of drug-likeness (QED) is 0.632. The third-order valence-electron chi connectivity index (χ3n) is 11.1. The minimum atomic E-state index is -2.23. The molecule has 3 saturated carbocycles. The van der Waals surface area contributed by atoms with Crippen molar-refractivity contribution in [2.75, 3.05) is 19.7 Å². The molecule has 1 saturated heterocycles. The number of hydrogen-bond acceptors (Lipinski definition) is 5. The van der Waals surface area contributed by atoms with Crippen LogP contribution in [0, 0.1) is 34.0 Å². The van der Waals surface area contributed by atoms with Crippen LogP contribution in [0.2, 0.25) is 0 Å². The van der Waals surface area contributed by atoms with Crippen molar-refractivity contribution < 1.29 is 33.4 Å². The van der Waals surface area contributed by atoms with Gasteiger partial charge < -0.3 is 15.1 Å². The highest BCUT2D eigenvalue weighted by molar-refractivity contribution is 6.01. The molecule has 0 spiro atoms. The van der Waals surface area contributed by atoms with Crippen LogP contribution in [0.15, 0.2) is 54.1 Å². The summed E-state index contributed by atoms with van der Waals surface area (Å²) in [5, 5.41) is 21.7. The molecule has 0 unspecified atom stereocenters. The standard InChI is InChI=1S/C30H33F2NO5/c1-27-9-8-19(35)11-22(27)23(31)12-21-20-10-18-14-33(26(38)17-6-4-3-5-7-17)16-29(18,25(37)15-34)28(20,2)13-24(36)30(21,27)32/h3-9,11,18,20-21,23-24,34,36H,10,12-16H2,1-2H3/t18-,20-,21-,23-,24-,27-,28-,29+,30-/m0/s1. The smallest absolute Gasteiger partial charge is 0.253 e. The second-order valence-electron chi connectivity index (χ2n) is 12.4. The molecule has 6 nitrogen and oxygen atoms in total. The van der Waals surface area contributed by atoms with Crippen molar-refractivity contribution >= 4 is 17.5 Å². The number of likely N-dealkylation sites (tertiary alicyclic amines) is 1. The van der Waals surface area contributed by atoms with E-state index in [1.807, 2.05) is 13.0 Å². The Kier molecular flexibility index (Phi) is 5.48. The first-order valence-electron chi connectivity index (χ1n) is 13.4. The monoisotopic (exact) mass is 525 g/mol. The first-order valence-corrected chi connectivity index (χ1v) is 13.4. The molecule has 5 aliphatic rings. The number of aliphatic hydroxyl groups excluding tert-OH is 2. The summed E-state index contributed by atoms with van der Waals surface area (Å²) < 4.78 is 33.1. The Morgan fingerprint density at radius 3 is 2.53 bits per heavy atom. The van der Waals surface area contributed by atoms with Crippen molar-refractivity contribution in [2.24, 2.45) is 34.0 Å². The van der Waals surface area contributed by atoms with Gasteiger partial charge in [-0.3, -0.25) is 14.4 Å². The molecule has 1 aromatic carbocycles. The van der Waals surface area contributed by atoms with Gasteiger partial charge >= 0.3 is 0 Å².